The van der Waals surface area contributed by atoms with Crippen molar-refractivity contribution in [3.05, 3.63) is 89.0 Å². The average molecular weight is 412 g/mol. The second-order valence-corrected chi connectivity index (χ2v) is 8.36. The first-order chi connectivity index (χ1) is 14.8. The van der Waals surface area contributed by atoms with E-state index in [9.17, 15) is 14.4 Å². The highest BCUT2D eigenvalue weighted by molar-refractivity contribution is 6.28. The Hall–Kier alpha value is -3.73. The fourth-order valence-corrected chi connectivity index (χ4v) is 3.44. The van der Waals surface area contributed by atoms with Crippen LogP contribution in [0.3, 0.4) is 0 Å². The first-order valence-corrected chi connectivity index (χ1v) is 10.3. The third-order valence-corrected chi connectivity index (χ3v) is 5.86. The molecule has 4 rings (SSSR count). The molecule has 0 aromatic heterocycles. The third-order valence-electron chi connectivity index (χ3n) is 5.86. The molecule has 1 aliphatic carbocycles. The molecule has 5 heteroatoms. The van der Waals surface area contributed by atoms with E-state index in [0.717, 1.165) is 17.8 Å². The van der Waals surface area contributed by atoms with Gasteiger partial charge in [-0.15, -0.1) is 0 Å². The summed E-state index contributed by atoms with van der Waals surface area (Å²) in [7, 11) is 0. The number of rotatable bonds is 5. The van der Waals surface area contributed by atoms with E-state index in [4.69, 9.17) is 0 Å². The predicted octanol–water partition coefficient (Wildman–Crippen LogP) is 5.58. The maximum absolute atomic E-state index is 12.9. The SMILES string of the molecule is CCC(C)(C)C(=O)Nc1ccc(Nc2ccc3c(c2)C(=O)c2ccccc2C3=O)cc1. The number of amides is 1. The van der Waals surface area contributed by atoms with Crippen LogP contribution in [0.5, 0.6) is 0 Å². The lowest BCUT2D eigenvalue weighted by molar-refractivity contribution is -0.124. The lowest BCUT2D eigenvalue weighted by Gasteiger charge is -2.21. The quantitative estimate of drug-likeness (QED) is 0.449. The Balaban J connectivity index is 1.53. The minimum absolute atomic E-state index is 0.0196. The monoisotopic (exact) mass is 412 g/mol. The van der Waals surface area contributed by atoms with Gasteiger partial charge in [0, 0.05) is 44.7 Å². The minimum atomic E-state index is -0.428. The van der Waals surface area contributed by atoms with Crippen LogP contribution >= 0.6 is 0 Å². The molecule has 5 nitrogen and oxygen atoms in total. The Morgan fingerprint density at radius 2 is 1.26 bits per heavy atom. The summed E-state index contributed by atoms with van der Waals surface area (Å²) in [5.74, 6) is -0.300. The summed E-state index contributed by atoms with van der Waals surface area (Å²) in [5.41, 5.74) is 3.52. The number of fused-ring (bicyclic) bond motifs is 2. The molecule has 1 amide bonds. The second-order valence-electron chi connectivity index (χ2n) is 8.36. The van der Waals surface area contributed by atoms with Crippen molar-refractivity contribution < 1.29 is 14.4 Å². The zero-order valence-corrected chi connectivity index (χ0v) is 17.8. The Morgan fingerprint density at radius 3 is 1.87 bits per heavy atom. The summed E-state index contributed by atoms with van der Waals surface area (Å²) >= 11 is 0. The van der Waals surface area contributed by atoms with Crippen LogP contribution in [-0.2, 0) is 4.79 Å². The molecule has 0 saturated heterocycles. The van der Waals surface area contributed by atoms with Gasteiger partial charge in [-0.25, -0.2) is 0 Å². The molecule has 156 valence electrons. The lowest BCUT2D eigenvalue weighted by atomic mass is 9.84. The van der Waals surface area contributed by atoms with E-state index in [1.54, 1.807) is 42.5 Å². The van der Waals surface area contributed by atoms with E-state index >= 15 is 0 Å². The van der Waals surface area contributed by atoms with Gasteiger partial charge in [0.15, 0.2) is 11.6 Å². The standard InChI is InChI=1S/C26H24N2O3/c1-4-26(2,3)25(31)28-17-11-9-16(10-12-17)27-18-13-14-21-22(15-18)24(30)20-8-6-5-7-19(20)23(21)29/h5-15,27H,4H2,1-3H3,(H,28,31). The van der Waals surface area contributed by atoms with Crippen molar-refractivity contribution in [3.8, 4) is 0 Å². The minimum Gasteiger partial charge on any atom is -0.356 e. The number of benzene rings is 3. The van der Waals surface area contributed by atoms with Gasteiger partial charge in [-0.3, -0.25) is 14.4 Å². The summed E-state index contributed by atoms with van der Waals surface area (Å²) in [5, 5.41) is 6.20. The van der Waals surface area contributed by atoms with E-state index in [1.165, 1.54) is 0 Å². The van der Waals surface area contributed by atoms with Crippen LogP contribution in [0.2, 0.25) is 0 Å². The lowest BCUT2D eigenvalue weighted by Crippen LogP contribution is -2.29. The molecule has 0 saturated carbocycles. The molecule has 0 radical (unpaired) electrons. The van der Waals surface area contributed by atoms with Gasteiger partial charge in [0.05, 0.1) is 0 Å². The van der Waals surface area contributed by atoms with Crippen molar-refractivity contribution in [1.82, 2.24) is 0 Å². The summed E-state index contributed by atoms with van der Waals surface area (Å²) in [6.07, 6.45) is 0.752. The van der Waals surface area contributed by atoms with Crippen LogP contribution in [0.1, 0.15) is 59.0 Å². The fraction of sp³-hybridized carbons (Fsp3) is 0.192. The van der Waals surface area contributed by atoms with E-state index in [1.807, 2.05) is 45.0 Å². The van der Waals surface area contributed by atoms with Gasteiger partial charge in [-0.1, -0.05) is 45.0 Å². The van der Waals surface area contributed by atoms with Gasteiger partial charge in [-0.05, 0) is 48.9 Å². The molecular formula is C26H24N2O3. The first kappa shape index (κ1) is 20.5. The molecule has 0 aliphatic heterocycles. The maximum atomic E-state index is 12.9. The zero-order valence-electron chi connectivity index (χ0n) is 17.8. The van der Waals surface area contributed by atoms with Gasteiger partial charge in [0.1, 0.15) is 0 Å². The van der Waals surface area contributed by atoms with Gasteiger partial charge >= 0.3 is 0 Å². The van der Waals surface area contributed by atoms with Crippen LogP contribution in [-0.4, -0.2) is 17.5 Å². The number of carbonyl (C=O) groups is 3. The summed E-state index contributed by atoms with van der Waals surface area (Å²) < 4.78 is 0. The molecule has 0 atom stereocenters. The van der Waals surface area contributed by atoms with Crippen molar-refractivity contribution in [2.75, 3.05) is 10.6 Å². The molecule has 3 aromatic rings. The van der Waals surface area contributed by atoms with Crippen LogP contribution < -0.4 is 10.6 Å². The highest BCUT2D eigenvalue weighted by Gasteiger charge is 2.29. The number of carbonyl (C=O) groups excluding carboxylic acids is 3. The highest BCUT2D eigenvalue weighted by atomic mass is 16.2. The van der Waals surface area contributed by atoms with Crippen molar-refractivity contribution >= 4 is 34.5 Å². The third kappa shape index (κ3) is 3.87. The number of hydrogen-bond acceptors (Lipinski definition) is 4. The van der Waals surface area contributed by atoms with E-state index in [2.05, 4.69) is 10.6 Å². The zero-order chi connectivity index (χ0) is 22.2. The molecule has 0 unspecified atom stereocenters. The first-order valence-electron chi connectivity index (χ1n) is 10.3. The number of nitrogens with one attached hydrogen (secondary N) is 2. The van der Waals surface area contributed by atoms with Crippen LogP contribution in [0, 0.1) is 5.41 Å². The summed E-state index contributed by atoms with van der Waals surface area (Å²) in [6, 6.07) is 19.5. The van der Waals surface area contributed by atoms with Gasteiger partial charge < -0.3 is 10.6 Å². The van der Waals surface area contributed by atoms with E-state index < -0.39 is 5.41 Å². The molecular weight excluding hydrogens is 388 g/mol. The molecule has 1 aliphatic rings. The predicted molar refractivity (Wildman–Crippen MR) is 122 cm³/mol. The van der Waals surface area contributed by atoms with E-state index in [0.29, 0.717) is 27.9 Å². The van der Waals surface area contributed by atoms with Crippen LogP contribution in [0.4, 0.5) is 17.1 Å². The Labute approximate surface area is 181 Å². The summed E-state index contributed by atoms with van der Waals surface area (Å²) in [4.78, 5) is 38.0. The largest absolute Gasteiger partial charge is 0.356 e. The number of anilines is 3. The second kappa shape index (κ2) is 7.84. The summed E-state index contributed by atoms with van der Waals surface area (Å²) in [6.45, 7) is 5.82. The normalized spacial score (nSPS) is 12.7. The molecule has 2 N–H and O–H groups in total. The van der Waals surface area contributed by atoms with Crippen molar-refractivity contribution in [2.45, 2.75) is 27.2 Å². The number of ketones is 2. The average Bonchev–Trinajstić information content (AvgIpc) is 2.78. The molecule has 0 bridgehead atoms. The molecule has 3 aromatic carbocycles. The Kier molecular flexibility index (Phi) is 5.19. The Morgan fingerprint density at radius 1 is 0.742 bits per heavy atom. The maximum Gasteiger partial charge on any atom is 0.230 e. The topological polar surface area (TPSA) is 75.3 Å². The van der Waals surface area contributed by atoms with Crippen LogP contribution in [0.25, 0.3) is 0 Å². The smallest absolute Gasteiger partial charge is 0.230 e. The fourth-order valence-electron chi connectivity index (χ4n) is 3.44. The van der Waals surface area contributed by atoms with Gasteiger partial charge in [-0.2, -0.15) is 0 Å². The molecule has 0 heterocycles. The van der Waals surface area contributed by atoms with Gasteiger partial charge in [0.25, 0.3) is 0 Å². The molecule has 31 heavy (non-hydrogen) atoms. The van der Waals surface area contributed by atoms with Crippen molar-refractivity contribution in [1.29, 1.82) is 0 Å². The molecule has 0 fully saturated rings. The Bertz CT molecular complexity index is 1190. The van der Waals surface area contributed by atoms with E-state index in [-0.39, 0.29) is 17.5 Å². The van der Waals surface area contributed by atoms with Crippen LogP contribution in [0.15, 0.2) is 66.7 Å². The number of hydrogen-bond donors (Lipinski definition) is 2. The van der Waals surface area contributed by atoms with Crippen molar-refractivity contribution in [2.24, 2.45) is 5.41 Å². The van der Waals surface area contributed by atoms with Crippen molar-refractivity contribution in [3.63, 3.8) is 0 Å². The van der Waals surface area contributed by atoms with Gasteiger partial charge in [0.2, 0.25) is 5.91 Å². The molecule has 0 spiro atoms. The highest BCUT2D eigenvalue weighted by Crippen LogP contribution is 2.30.